The van der Waals surface area contributed by atoms with Crippen LogP contribution >= 0.6 is 0 Å². The van der Waals surface area contributed by atoms with Gasteiger partial charge in [0.25, 0.3) is 5.91 Å². The number of hydrogen-bond acceptors (Lipinski definition) is 4. The molecule has 1 heterocycles. The monoisotopic (exact) mass is 322 g/mol. The first-order valence-corrected chi connectivity index (χ1v) is 8.24. The number of likely N-dealkylation sites (tertiary alicyclic amines) is 1. The molecule has 3 atom stereocenters. The number of halogens is 1. The number of carbonyl (C=O) groups excluding carboxylic acids is 1. The Bertz CT molecular complexity index is 548. The van der Waals surface area contributed by atoms with Gasteiger partial charge in [-0.1, -0.05) is 12.1 Å². The zero-order valence-corrected chi connectivity index (χ0v) is 13.1. The first-order chi connectivity index (χ1) is 11.1. The van der Waals surface area contributed by atoms with Gasteiger partial charge in [-0.25, -0.2) is 4.39 Å². The third kappa shape index (κ3) is 3.82. The summed E-state index contributed by atoms with van der Waals surface area (Å²) in [5.41, 5.74) is 0. The Labute approximate surface area is 135 Å². The lowest BCUT2D eigenvalue weighted by molar-refractivity contribution is -0.124. The van der Waals surface area contributed by atoms with Crippen LogP contribution in [-0.4, -0.2) is 53.8 Å². The summed E-state index contributed by atoms with van der Waals surface area (Å²) >= 11 is 0. The van der Waals surface area contributed by atoms with Crippen molar-refractivity contribution in [2.45, 2.75) is 43.9 Å². The van der Waals surface area contributed by atoms with E-state index in [1.807, 2.05) is 0 Å². The normalized spacial score (nSPS) is 28.0. The lowest BCUT2D eigenvalue weighted by atomic mass is 10.1. The van der Waals surface area contributed by atoms with Gasteiger partial charge < -0.3 is 15.2 Å². The van der Waals surface area contributed by atoms with Gasteiger partial charge in [-0.3, -0.25) is 9.69 Å². The van der Waals surface area contributed by atoms with Crippen LogP contribution in [0.2, 0.25) is 0 Å². The lowest BCUT2D eigenvalue weighted by Gasteiger charge is -2.28. The molecule has 0 radical (unpaired) electrons. The average molecular weight is 322 g/mol. The van der Waals surface area contributed by atoms with E-state index in [0.29, 0.717) is 0 Å². The first-order valence-electron chi connectivity index (χ1n) is 8.24. The van der Waals surface area contributed by atoms with Gasteiger partial charge in [-0.15, -0.1) is 0 Å². The second-order valence-corrected chi connectivity index (χ2v) is 6.27. The van der Waals surface area contributed by atoms with E-state index in [1.165, 1.54) is 25.0 Å². The molecule has 3 rings (SSSR count). The van der Waals surface area contributed by atoms with Crippen molar-refractivity contribution in [2.24, 2.45) is 0 Å². The highest BCUT2D eigenvalue weighted by Crippen LogP contribution is 2.27. The molecule has 23 heavy (non-hydrogen) atoms. The van der Waals surface area contributed by atoms with Gasteiger partial charge in [0.2, 0.25) is 0 Å². The van der Waals surface area contributed by atoms with Crippen LogP contribution in [0.1, 0.15) is 25.7 Å². The molecule has 1 amide bonds. The van der Waals surface area contributed by atoms with Crippen molar-refractivity contribution in [3.8, 4) is 5.75 Å². The Hall–Kier alpha value is -1.66. The first kappa shape index (κ1) is 16.2. The van der Waals surface area contributed by atoms with Crippen molar-refractivity contribution in [1.29, 1.82) is 0 Å². The van der Waals surface area contributed by atoms with E-state index in [2.05, 4.69) is 10.2 Å². The topological polar surface area (TPSA) is 61.8 Å². The molecule has 5 nitrogen and oxygen atoms in total. The predicted octanol–water partition coefficient (Wildman–Crippen LogP) is 1.31. The molecule has 1 aliphatic carbocycles. The van der Waals surface area contributed by atoms with Crippen LogP contribution in [0.3, 0.4) is 0 Å². The number of para-hydroxylation sites is 1. The Morgan fingerprint density at radius 2 is 2.04 bits per heavy atom. The highest BCUT2D eigenvalue weighted by molar-refractivity contribution is 5.78. The molecule has 2 N–H and O–H groups in total. The molecular weight excluding hydrogens is 299 g/mol. The van der Waals surface area contributed by atoms with E-state index in [0.717, 1.165) is 25.9 Å². The van der Waals surface area contributed by atoms with E-state index in [1.54, 1.807) is 12.1 Å². The number of rotatable bonds is 5. The zero-order valence-electron chi connectivity index (χ0n) is 13.1. The van der Waals surface area contributed by atoms with Gasteiger partial charge in [0.1, 0.15) is 0 Å². The highest BCUT2D eigenvalue weighted by atomic mass is 19.1. The summed E-state index contributed by atoms with van der Waals surface area (Å²) in [6, 6.07) is 5.87. The fraction of sp³-hybridized carbons (Fsp3) is 0.588. The number of nitrogens with zero attached hydrogens (tertiary/aromatic N) is 1. The second-order valence-electron chi connectivity index (χ2n) is 6.27. The van der Waals surface area contributed by atoms with Gasteiger partial charge in [-0.2, -0.15) is 0 Å². The van der Waals surface area contributed by atoms with Crippen molar-refractivity contribution in [3.63, 3.8) is 0 Å². The SMILES string of the molecule is O=C(COc1ccccc1F)N[C@@H]1CC[C@@H](N2CCCC2)[C@@H]1O. The van der Waals surface area contributed by atoms with Crippen molar-refractivity contribution >= 4 is 5.91 Å². The molecule has 1 aliphatic heterocycles. The van der Waals surface area contributed by atoms with Crippen molar-refractivity contribution < 1.29 is 19.0 Å². The maximum Gasteiger partial charge on any atom is 0.258 e. The quantitative estimate of drug-likeness (QED) is 0.858. The molecule has 0 unspecified atom stereocenters. The Morgan fingerprint density at radius 3 is 2.78 bits per heavy atom. The number of aliphatic hydroxyl groups is 1. The van der Waals surface area contributed by atoms with Crippen molar-refractivity contribution in [1.82, 2.24) is 10.2 Å². The second kappa shape index (κ2) is 7.27. The Kier molecular flexibility index (Phi) is 5.13. The minimum atomic E-state index is -0.550. The van der Waals surface area contributed by atoms with Gasteiger partial charge in [0, 0.05) is 6.04 Å². The van der Waals surface area contributed by atoms with Gasteiger partial charge in [0.05, 0.1) is 12.1 Å². The average Bonchev–Trinajstić information content (AvgIpc) is 3.17. The standard InChI is InChI=1S/C17H23FN2O3/c18-12-5-1-2-6-15(12)23-11-16(21)19-13-7-8-14(17(13)22)20-9-3-4-10-20/h1-2,5-6,13-14,17,22H,3-4,7-11H2,(H,19,21)/t13-,14-,17-/m1/s1. The molecule has 1 saturated carbocycles. The van der Waals surface area contributed by atoms with E-state index >= 15 is 0 Å². The number of ether oxygens (including phenoxy) is 1. The molecular formula is C17H23FN2O3. The van der Waals surface area contributed by atoms with E-state index in [-0.39, 0.29) is 30.3 Å². The van der Waals surface area contributed by atoms with Gasteiger partial charge >= 0.3 is 0 Å². The van der Waals surface area contributed by atoms with Gasteiger partial charge in [-0.05, 0) is 50.9 Å². The van der Waals surface area contributed by atoms with Crippen LogP contribution in [0.25, 0.3) is 0 Å². The third-order valence-electron chi connectivity index (χ3n) is 4.73. The molecule has 126 valence electrons. The summed E-state index contributed by atoms with van der Waals surface area (Å²) in [6.07, 6.45) is 3.45. The minimum absolute atomic E-state index is 0.0598. The maximum atomic E-state index is 13.4. The van der Waals surface area contributed by atoms with Crippen LogP contribution in [0.15, 0.2) is 24.3 Å². The Morgan fingerprint density at radius 1 is 1.30 bits per heavy atom. The molecule has 1 saturated heterocycles. The van der Waals surface area contributed by atoms with Gasteiger partial charge in [0.15, 0.2) is 18.2 Å². The number of aliphatic hydroxyl groups excluding tert-OH is 1. The minimum Gasteiger partial charge on any atom is -0.481 e. The molecule has 0 aromatic heterocycles. The van der Waals surface area contributed by atoms with Crippen molar-refractivity contribution in [2.75, 3.05) is 19.7 Å². The maximum absolute atomic E-state index is 13.4. The number of amides is 1. The number of hydrogen-bond donors (Lipinski definition) is 2. The summed E-state index contributed by atoms with van der Waals surface area (Å²) in [5.74, 6) is -0.765. The summed E-state index contributed by atoms with van der Waals surface area (Å²) in [6.45, 7) is 1.80. The number of benzene rings is 1. The molecule has 6 heteroatoms. The van der Waals surface area contributed by atoms with Crippen LogP contribution in [0.5, 0.6) is 5.75 Å². The van der Waals surface area contributed by atoms with Crippen LogP contribution < -0.4 is 10.1 Å². The number of nitrogens with one attached hydrogen (secondary N) is 1. The van der Waals surface area contributed by atoms with Crippen LogP contribution in [-0.2, 0) is 4.79 Å². The molecule has 2 aliphatic rings. The molecule has 1 aromatic rings. The van der Waals surface area contributed by atoms with E-state index in [4.69, 9.17) is 4.74 Å². The Balaban J connectivity index is 1.47. The van der Waals surface area contributed by atoms with Crippen LogP contribution in [0.4, 0.5) is 4.39 Å². The van der Waals surface area contributed by atoms with E-state index < -0.39 is 11.9 Å². The highest BCUT2D eigenvalue weighted by Gasteiger charge is 2.39. The van der Waals surface area contributed by atoms with E-state index in [9.17, 15) is 14.3 Å². The largest absolute Gasteiger partial charge is 0.481 e. The fourth-order valence-corrected chi connectivity index (χ4v) is 3.54. The number of carbonyl (C=O) groups is 1. The summed E-state index contributed by atoms with van der Waals surface area (Å²) in [7, 11) is 0. The van der Waals surface area contributed by atoms with Crippen LogP contribution in [0, 0.1) is 5.82 Å². The fourth-order valence-electron chi connectivity index (χ4n) is 3.54. The molecule has 0 spiro atoms. The molecule has 2 fully saturated rings. The molecule has 1 aromatic carbocycles. The predicted molar refractivity (Wildman–Crippen MR) is 83.7 cm³/mol. The zero-order chi connectivity index (χ0) is 16.2. The van der Waals surface area contributed by atoms with Crippen molar-refractivity contribution in [3.05, 3.63) is 30.1 Å². The summed E-state index contributed by atoms with van der Waals surface area (Å²) in [4.78, 5) is 14.3. The summed E-state index contributed by atoms with van der Waals surface area (Å²) in [5, 5.41) is 13.2. The summed E-state index contributed by atoms with van der Waals surface area (Å²) < 4.78 is 18.6. The third-order valence-corrected chi connectivity index (χ3v) is 4.73. The lowest BCUT2D eigenvalue weighted by Crippen LogP contribution is -2.48. The smallest absolute Gasteiger partial charge is 0.258 e. The molecule has 0 bridgehead atoms.